The molecule has 0 N–H and O–H groups in total. The maximum absolute atomic E-state index is 13.0. The van der Waals surface area contributed by atoms with Crippen molar-refractivity contribution in [3.05, 3.63) is 71.0 Å². The molecule has 31 heavy (non-hydrogen) atoms. The maximum atomic E-state index is 13.0. The van der Waals surface area contributed by atoms with Crippen LogP contribution in [0.15, 0.2) is 59.7 Å². The van der Waals surface area contributed by atoms with Gasteiger partial charge in [-0.25, -0.2) is 24.1 Å². The van der Waals surface area contributed by atoms with Crippen molar-refractivity contribution in [2.45, 2.75) is 6.42 Å². The van der Waals surface area contributed by atoms with Gasteiger partial charge in [0, 0.05) is 44.5 Å². The highest BCUT2D eigenvalue weighted by molar-refractivity contribution is 5.88. The fourth-order valence-corrected chi connectivity index (χ4v) is 3.30. The van der Waals surface area contributed by atoms with Crippen LogP contribution >= 0.6 is 0 Å². The summed E-state index contributed by atoms with van der Waals surface area (Å²) in [5.74, 6) is 1.12. The molecular weight excluding hydrogens is 396 g/mol. The molecule has 3 heterocycles. The third kappa shape index (κ3) is 3.89. The highest BCUT2D eigenvalue weighted by atomic mass is 16.5. The van der Waals surface area contributed by atoms with Gasteiger partial charge >= 0.3 is 11.7 Å². The fourth-order valence-electron chi connectivity index (χ4n) is 3.30. The summed E-state index contributed by atoms with van der Waals surface area (Å²) in [6.07, 6.45) is 3.80. The van der Waals surface area contributed by atoms with Crippen molar-refractivity contribution in [2.24, 2.45) is 7.05 Å². The van der Waals surface area contributed by atoms with E-state index in [0.29, 0.717) is 35.7 Å². The molecule has 0 spiro atoms. The summed E-state index contributed by atoms with van der Waals surface area (Å²) in [6.45, 7) is 0.418. The number of nitrogens with zero attached hydrogens (tertiary/aromatic N) is 6. The van der Waals surface area contributed by atoms with Crippen LogP contribution in [0, 0.1) is 0 Å². The first-order valence-electron chi connectivity index (χ1n) is 9.74. The zero-order chi connectivity index (χ0) is 22.0. The number of hydrogen-bond acceptors (Lipinski definition) is 6. The van der Waals surface area contributed by atoms with Crippen molar-refractivity contribution in [1.82, 2.24) is 29.0 Å². The summed E-state index contributed by atoms with van der Waals surface area (Å²) in [5, 5.41) is 0. The standard InChI is InChI=1S/C22H22N6O3/c1-26(12-10-16-8-4-5-11-23-16)21(29)28-18-14-24-19(25-20(18)27(2)22(28)30)15-7-6-9-17(13-15)31-3/h4-9,11,13-14H,10,12H2,1-3H3. The van der Waals surface area contributed by atoms with Gasteiger partial charge in [0.15, 0.2) is 11.5 Å². The summed E-state index contributed by atoms with van der Waals surface area (Å²) >= 11 is 0. The number of aromatic nitrogens is 5. The molecule has 0 radical (unpaired) electrons. The Morgan fingerprint density at radius 3 is 2.74 bits per heavy atom. The van der Waals surface area contributed by atoms with Crippen LogP contribution in [0.25, 0.3) is 22.6 Å². The summed E-state index contributed by atoms with van der Waals surface area (Å²) in [6, 6.07) is 12.5. The van der Waals surface area contributed by atoms with Crippen molar-refractivity contribution in [1.29, 1.82) is 0 Å². The van der Waals surface area contributed by atoms with Gasteiger partial charge in [0.1, 0.15) is 11.3 Å². The molecule has 0 fully saturated rings. The molecule has 0 aliphatic heterocycles. The third-order valence-electron chi connectivity index (χ3n) is 5.06. The van der Waals surface area contributed by atoms with Gasteiger partial charge in [0.05, 0.1) is 13.3 Å². The van der Waals surface area contributed by atoms with Crippen LogP contribution in [0.5, 0.6) is 5.75 Å². The lowest BCUT2D eigenvalue weighted by molar-refractivity contribution is 0.211. The topological polar surface area (TPSA) is 95.1 Å². The van der Waals surface area contributed by atoms with Crippen molar-refractivity contribution in [3.8, 4) is 17.1 Å². The van der Waals surface area contributed by atoms with E-state index >= 15 is 0 Å². The van der Waals surface area contributed by atoms with E-state index in [4.69, 9.17) is 4.74 Å². The molecule has 9 nitrogen and oxygen atoms in total. The van der Waals surface area contributed by atoms with Crippen LogP contribution < -0.4 is 10.4 Å². The second kappa shape index (κ2) is 8.39. The number of likely N-dealkylation sites (N-methyl/N-ethyl adjacent to an activating group) is 1. The largest absolute Gasteiger partial charge is 0.497 e. The highest BCUT2D eigenvalue weighted by Gasteiger charge is 2.22. The number of benzene rings is 1. The van der Waals surface area contributed by atoms with E-state index in [2.05, 4.69) is 15.0 Å². The number of carbonyl (C=O) groups excluding carboxylic acids is 1. The van der Waals surface area contributed by atoms with Crippen molar-refractivity contribution < 1.29 is 9.53 Å². The first-order valence-corrected chi connectivity index (χ1v) is 9.74. The highest BCUT2D eigenvalue weighted by Crippen LogP contribution is 2.22. The summed E-state index contributed by atoms with van der Waals surface area (Å²) < 4.78 is 7.71. The predicted molar refractivity (Wildman–Crippen MR) is 116 cm³/mol. The monoisotopic (exact) mass is 418 g/mol. The Bertz CT molecular complexity index is 1300. The molecule has 4 aromatic rings. The second-order valence-electron chi connectivity index (χ2n) is 7.09. The molecule has 0 aliphatic carbocycles. The first kappa shape index (κ1) is 20.3. The van der Waals surface area contributed by atoms with E-state index < -0.39 is 11.7 Å². The van der Waals surface area contributed by atoms with E-state index in [0.717, 1.165) is 15.8 Å². The van der Waals surface area contributed by atoms with Crippen LogP contribution in [-0.4, -0.2) is 55.7 Å². The van der Waals surface area contributed by atoms with Gasteiger partial charge in [0.25, 0.3) is 0 Å². The molecule has 0 unspecified atom stereocenters. The fraction of sp³-hybridized carbons (Fsp3) is 0.227. The van der Waals surface area contributed by atoms with Gasteiger partial charge in [-0.05, 0) is 24.3 Å². The van der Waals surface area contributed by atoms with Gasteiger partial charge in [-0.15, -0.1) is 0 Å². The molecule has 1 amide bonds. The van der Waals surface area contributed by atoms with Crippen molar-refractivity contribution in [2.75, 3.05) is 20.7 Å². The molecule has 0 aliphatic rings. The number of rotatable bonds is 5. The lowest BCUT2D eigenvalue weighted by atomic mass is 10.2. The van der Waals surface area contributed by atoms with Gasteiger partial charge < -0.3 is 9.64 Å². The Hall–Kier alpha value is -4.01. The Morgan fingerprint density at radius 2 is 2.00 bits per heavy atom. The molecule has 3 aromatic heterocycles. The Labute approximate surface area is 178 Å². The van der Waals surface area contributed by atoms with Crippen LogP contribution in [0.2, 0.25) is 0 Å². The quantitative estimate of drug-likeness (QED) is 0.494. The lowest BCUT2D eigenvalue weighted by Crippen LogP contribution is -2.38. The Balaban J connectivity index is 1.66. The maximum Gasteiger partial charge on any atom is 0.338 e. The minimum atomic E-state index is -0.471. The number of imidazole rings is 1. The van der Waals surface area contributed by atoms with E-state index in [-0.39, 0.29) is 0 Å². The zero-order valence-electron chi connectivity index (χ0n) is 17.5. The van der Waals surface area contributed by atoms with Gasteiger partial charge in [-0.2, -0.15) is 0 Å². The number of carbonyl (C=O) groups is 1. The van der Waals surface area contributed by atoms with E-state index in [9.17, 15) is 9.59 Å². The average molecular weight is 418 g/mol. The smallest absolute Gasteiger partial charge is 0.338 e. The molecule has 0 bridgehead atoms. The van der Waals surface area contributed by atoms with Gasteiger partial charge in [0.2, 0.25) is 0 Å². The zero-order valence-corrected chi connectivity index (χ0v) is 17.5. The van der Waals surface area contributed by atoms with E-state index in [1.807, 2.05) is 42.5 Å². The summed E-state index contributed by atoms with van der Waals surface area (Å²) in [4.78, 5) is 40.5. The van der Waals surface area contributed by atoms with Gasteiger partial charge in [-0.3, -0.25) is 9.55 Å². The Kier molecular flexibility index (Phi) is 5.48. The summed E-state index contributed by atoms with van der Waals surface area (Å²) in [7, 11) is 4.83. The van der Waals surface area contributed by atoms with Crippen LogP contribution in [-0.2, 0) is 13.5 Å². The molecule has 158 valence electrons. The minimum absolute atomic E-state index is 0.355. The molecule has 0 saturated carbocycles. The van der Waals surface area contributed by atoms with Crippen LogP contribution in [0.3, 0.4) is 0 Å². The predicted octanol–water partition coefficient (Wildman–Crippen LogP) is 2.34. The van der Waals surface area contributed by atoms with Crippen LogP contribution in [0.1, 0.15) is 5.69 Å². The van der Waals surface area contributed by atoms with Crippen molar-refractivity contribution in [3.63, 3.8) is 0 Å². The number of methoxy groups -OCH3 is 1. The molecule has 1 aromatic carbocycles. The lowest BCUT2D eigenvalue weighted by Gasteiger charge is -2.16. The normalized spacial score (nSPS) is 10.9. The molecule has 9 heteroatoms. The first-order chi connectivity index (χ1) is 15.0. The molecule has 0 atom stereocenters. The second-order valence-corrected chi connectivity index (χ2v) is 7.09. The number of amides is 1. The van der Waals surface area contributed by atoms with Gasteiger partial charge in [-0.1, -0.05) is 18.2 Å². The SMILES string of the molecule is COc1cccc(-c2ncc3c(n2)n(C)c(=O)n3C(=O)N(C)CCc2ccccn2)c1. The van der Waals surface area contributed by atoms with Crippen LogP contribution in [0.4, 0.5) is 4.79 Å². The average Bonchev–Trinajstić information content (AvgIpc) is 3.07. The summed E-state index contributed by atoms with van der Waals surface area (Å²) in [5.41, 5.74) is 1.89. The van der Waals surface area contributed by atoms with E-state index in [1.54, 1.807) is 27.4 Å². The number of aryl methyl sites for hydroxylation is 1. The Morgan fingerprint density at radius 1 is 1.16 bits per heavy atom. The van der Waals surface area contributed by atoms with E-state index in [1.165, 1.54) is 15.7 Å². The number of pyridine rings is 1. The van der Waals surface area contributed by atoms with Crippen molar-refractivity contribution >= 4 is 17.2 Å². The minimum Gasteiger partial charge on any atom is -0.497 e. The number of hydrogen-bond donors (Lipinski definition) is 0. The molecular formula is C22H22N6O3. The molecule has 0 saturated heterocycles. The number of fused-ring (bicyclic) bond motifs is 1. The molecule has 4 rings (SSSR count). The third-order valence-corrected chi connectivity index (χ3v) is 5.06. The number of ether oxygens (including phenoxy) is 1.